The highest BCUT2D eigenvalue weighted by molar-refractivity contribution is 5.54. The van der Waals surface area contributed by atoms with E-state index in [-0.39, 0.29) is 6.04 Å². The van der Waals surface area contributed by atoms with Crippen molar-refractivity contribution in [2.24, 2.45) is 0 Å². The van der Waals surface area contributed by atoms with Crippen LogP contribution in [0.2, 0.25) is 0 Å². The SMILES string of the molecule is CCOc1cc2c(cc1OCC)C(c1cc(C(C)C)ccc1OC)NCC2. The molecule has 27 heavy (non-hydrogen) atoms. The van der Waals surface area contributed by atoms with Crippen molar-refractivity contribution in [1.29, 1.82) is 0 Å². The lowest BCUT2D eigenvalue weighted by atomic mass is 9.87. The summed E-state index contributed by atoms with van der Waals surface area (Å²) < 4.78 is 17.4. The molecular weight excluding hydrogens is 338 g/mol. The van der Waals surface area contributed by atoms with Gasteiger partial charge in [0.25, 0.3) is 0 Å². The number of methoxy groups -OCH3 is 1. The van der Waals surface area contributed by atoms with Gasteiger partial charge in [0.2, 0.25) is 0 Å². The molecule has 1 N–H and O–H groups in total. The average Bonchev–Trinajstić information content (AvgIpc) is 2.67. The molecule has 0 saturated carbocycles. The summed E-state index contributed by atoms with van der Waals surface area (Å²) in [5, 5.41) is 3.68. The van der Waals surface area contributed by atoms with E-state index >= 15 is 0 Å². The first kappa shape index (κ1) is 19.6. The van der Waals surface area contributed by atoms with Gasteiger partial charge in [-0.15, -0.1) is 0 Å². The molecule has 3 rings (SSSR count). The molecule has 0 radical (unpaired) electrons. The molecule has 0 fully saturated rings. The highest BCUT2D eigenvalue weighted by Crippen LogP contribution is 2.40. The molecule has 4 heteroatoms. The number of fused-ring (bicyclic) bond motifs is 1. The van der Waals surface area contributed by atoms with Crippen molar-refractivity contribution >= 4 is 0 Å². The highest BCUT2D eigenvalue weighted by atomic mass is 16.5. The van der Waals surface area contributed by atoms with E-state index in [1.807, 2.05) is 13.8 Å². The van der Waals surface area contributed by atoms with Gasteiger partial charge in [0.15, 0.2) is 11.5 Å². The fourth-order valence-corrected chi connectivity index (χ4v) is 3.72. The van der Waals surface area contributed by atoms with Gasteiger partial charge in [-0.2, -0.15) is 0 Å². The second-order valence-corrected chi connectivity index (χ2v) is 7.16. The standard InChI is InChI=1S/C23H31NO3/c1-6-26-21-13-17-10-11-24-23(18(17)14-22(21)27-7-2)19-12-16(15(3)4)8-9-20(19)25-5/h8-9,12-15,23-24H,6-7,10-11H2,1-5H3. The van der Waals surface area contributed by atoms with Gasteiger partial charge in [-0.05, 0) is 67.1 Å². The fourth-order valence-electron chi connectivity index (χ4n) is 3.72. The minimum atomic E-state index is 0.0808. The topological polar surface area (TPSA) is 39.7 Å². The van der Waals surface area contributed by atoms with Crippen LogP contribution in [0.15, 0.2) is 30.3 Å². The van der Waals surface area contributed by atoms with Crippen molar-refractivity contribution in [1.82, 2.24) is 5.32 Å². The predicted molar refractivity (Wildman–Crippen MR) is 109 cm³/mol. The van der Waals surface area contributed by atoms with E-state index in [1.165, 1.54) is 22.3 Å². The van der Waals surface area contributed by atoms with E-state index in [9.17, 15) is 0 Å². The maximum absolute atomic E-state index is 5.87. The van der Waals surface area contributed by atoms with Gasteiger partial charge >= 0.3 is 0 Å². The molecule has 1 atom stereocenters. The maximum Gasteiger partial charge on any atom is 0.161 e. The smallest absolute Gasteiger partial charge is 0.161 e. The Morgan fingerprint density at radius 3 is 2.30 bits per heavy atom. The van der Waals surface area contributed by atoms with E-state index in [2.05, 4.69) is 49.5 Å². The first-order valence-corrected chi connectivity index (χ1v) is 9.92. The van der Waals surface area contributed by atoms with Crippen molar-refractivity contribution in [2.75, 3.05) is 26.9 Å². The molecule has 1 unspecified atom stereocenters. The fraction of sp³-hybridized carbons (Fsp3) is 0.478. The molecule has 2 aromatic rings. The summed E-state index contributed by atoms with van der Waals surface area (Å²) in [7, 11) is 1.74. The lowest BCUT2D eigenvalue weighted by Gasteiger charge is -2.30. The summed E-state index contributed by atoms with van der Waals surface area (Å²) in [5.41, 5.74) is 5.04. The Morgan fingerprint density at radius 1 is 0.963 bits per heavy atom. The third kappa shape index (κ3) is 4.06. The first-order chi connectivity index (χ1) is 13.1. The van der Waals surface area contributed by atoms with Crippen molar-refractivity contribution in [2.45, 2.75) is 46.1 Å². The third-order valence-electron chi connectivity index (χ3n) is 5.09. The molecule has 4 nitrogen and oxygen atoms in total. The van der Waals surface area contributed by atoms with Gasteiger partial charge in [-0.1, -0.05) is 19.9 Å². The van der Waals surface area contributed by atoms with Crippen LogP contribution in [0.4, 0.5) is 0 Å². The molecule has 0 amide bonds. The highest BCUT2D eigenvalue weighted by Gasteiger charge is 2.26. The Balaban J connectivity index is 2.10. The van der Waals surface area contributed by atoms with Crippen LogP contribution in [0.3, 0.4) is 0 Å². The Bertz CT molecular complexity index is 785. The average molecular weight is 370 g/mol. The van der Waals surface area contributed by atoms with Crippen LogP contribution in [0.5, 0.6) is 17.2 Å². The van der Waals surface area contributed by atoms with Crippen LogP contribution in [-0.2, 0) is 6.42 Å². The zero-order valence-corrected chi connectivity index (χ0v) is 17.1. The second-order valence-electron chi connectivity index (χ2n) is 7.16. The maximum atomic E-state index is 5.87. The summed E-state index contributed by atoms with van der Waals surface area (Å²) >= 11 is 0. The van der Waals surface area contributed by atoms with Crippen LogP contribution in [0.25, 0.3) is 0 Å². The molecule has 0 spiro atoms. The summed E-state index contributed by atoms with van der Waals surface area (Å²) in [5.74, 6) is 3.03. The Kier molecular flexibility index (Phi) is 6.27. The normalized spacial score (nSPS) is 16.1. The lowest BCUT2D eigenvalue weighted by Crippen LogP contribution is -2.31. The van der Waals surface area contributed by atoms with Gasteiger partial charge < -0.3 is 19.5 Å². The van der Waals surface area contributed by atoms with E-state index in [4.69, 9.17) is 14.2 Å². The van der Waals surface area contributed by atoms with Crippen LogP contribution < -0.4 is 19.5 Å². The van der Waals surface area contributed by atoms with E-state index in [0.717, 1.165) is 30.2 Å². The number of rotatable bonds is 7. The van der Waals surface area contributed by atoms with E-state index < -0.39 is 0 Å². The number of benzene rings is 2. The Hall–Kier alpha value is -2.20. The van der Waals surface area contributed by atoms with E-state index in [0.29, 0.717) is 19.1 Å². The molecule has 1 heterocycles. The first-order valence-electron chi connectivity index (χ1n) is 9.92. The molecule has 146 valence electrons. The Morgan fingerprint density at radius 2 is 1.67 bits per heavy atom. The predicted octanol–water partition coefficient (Wildman–Crippen LogP) is 4.85. The third-order valence-corrected chi connectivity index (χ3v) is 5.09. The molecular formula is C23H31NO3. The lowest BCUT2D eigenvalue weighted by molar-refractivity contribution is 0.286. The zero-order valence-electron chi connectivity index (χ0n) is 17.1. The van der Waals surface area contributed by atoms with Crippen molar-refractivity contribution in [3.63, 3.8) is 0 Å². The van der Waals surface area contributed by atoms with Gasteiger partial charge in [-0.3, -0.25) is 0 Å². The van der Waals surface area contributed by atoms with Crippen molar-refractivity contribution < 1.29 is 14.2 Å². The summed E-state index contributed by atoms with van der Waals surface area (Å²) in [6, 6.07) is 10.9. The molecule has 2 aromatic carbocycles. The quantitative estimate of drug-likeness (QED) is 0.757. The molecule has 0 aliphatic carbocycles. The van der Waals surface area contributed by atoms with E-state index in [1.54, 1.807) is 7.11 Å². The number of nitrogens with one attached hydrogen (secondary N) is 1. The number of ether oxygens (including phenoxy) is 3. The summed E-state index contributed by atoms with van der Waals surface area (Å²) in [4.78, 5) is 0. The van der Waals surface area contributed by atoms with Gasteiger partial charge in [0.1, 0.15) is 5.75 Å². The number of hydrogen-bond donors (Lipinski definition) is 1. The van der Waals surface area contributed by atoms with Crippen molar-refractivity contribution in [3.8, 4) is 17.2 Å². The summed E-state index contributed by atoms with van der Waals surface area (Å²) in [6.45, 7) is 10.6. The van der Waals surface area contributed by atoms with Crippen LogP contribution in [-0.4, -0.2) is 26.9 Å². The van der Waals surface area contributed by atoms with Crippen LogP contribution >= 0.6 is 0 Å². The Labute approximate surface area is 162 Å². The molecule has 0 saturated heterocycles. The van der Waals surface area contributed by atoms with Crippen LogP contribution in [0.1, 0.15) is 61.9 Å². The molecule has 0 aromatic heterocycles. The molecule has 1 aliphatic heterocycles. The van der Waals surface area contributed by atoms with Crippen LogP contribution in [0, 0.1) is 0 Å². The zero-order chi connectivity index (χ0) is 19.4. The molecule has 1 aliphatic rings. The largest absolute Gasteiger partial charge is 0.496 e. The van der Waals surface area contributed by atoms with Gasteiger partial charge in [0, 0.05) is 12.1 Å². The number of hydrogen-bond acceptors (Lipinski definition) is 4. The molecule has 0 bridgehead atoms. The van der Waals surface area contributed by atoms with Crippen molar-refractivity contribution in [3.05, 3.63) is 52.6 Å². The monoisotopic (exact) mass is 369 g/mol. The summed E-state index contributed by atoms with van der Waals surface area (Å²) in [6.07, 6.45) is 0.977. The minimum absolute atomic E-state index is 0.0808. The second kappa shape index (κ2) is 8.66. The van der Waals surface area contributed by atoms with Gasteiger partial charge in [-0.25, -0.2) is 0 Å². The van der Waals surface area contributed by atoms with Gasteiger partial charge in [0.05, 0.1) is 26.4 Å². The minimum Gasteiger partial charge on any atom is -0.496 e.